The number of amides is 1. The average molecular weight is 301 g/mol. The molecule has 0 radical (unpaired) electrons. The van der Waals surface area contributed by atoms with Crippen LogP contribution in [-0.2, 0) is 0 Å². The van der Waals surface area contributed by atoms with E-state index in [1.54, 1.807) is 48.7 Å². The van der Waals surface area contributed by atoms with Crippen molar-refractivity contribution in [1.29, 1.82) is 0 Å². The van der Waals surface area contributed by atoms with Gasteiger partial charge in [0.05, 0.1) is 5.70 Å². The first-order valence-corrected chi connectivity index (χ1v) is 7.30. The van der Waals surface area contributed by atoms with Crippen LogP contribution >= 0.6 is 0 Å². The van der Waals surface area contributed by atoms with Gasteiger partial charge in [-0.1, -0.05) is 54.6 Å². The highest BCUT2D eigenvalue weighted by atomic mass is 16.2. The summed E-state index contributed by atoms with van der Waals surface area (Å²) < 4.78 is 0. The fraction of sp³-hybridized carbons (Fsp3) is 0. The third kappa shape index (κ3) is 3.35. The van der Waals surface area contributed by atoms with Gasteiger partial charge in [-0.15, -0.1) is 0 Å². The van der Waals surface area contributed by atoms with Gasteiger partial charge in [-0.2, -0.15) is 0 Å². The normalized spacial score (nSPS) is 15.0. The maximum Gasteiger partial charge on any atom is 0.262 e. The van der Waals surface area contributed by atoms with E-state index in [-0.39, 0.29) is 11.7 Å². The summed E-state index contributed by atoms with van der Waals surface area (Å²) >= 11 is 0. The number of hydrogen-bond donors (Lipinski definition) is 0. The molecule has 1 aliphatic rings. The number of rotatable bonds is 3. The Morgan fingerprint density at radius 2 is 1.39 bits per heavy atom. The highest BCUT2D eigenvalue weighted by molar-refractivity contribution is 6.06. The van der Waals surface area contributed by atoms with Crippen molar-refractivity contribution in [3.63, 3.8) is 0 Å². The molecule has 0 saturated heterocycles. The Morgan fingerprint density at radius 3 is 2.04 bits per heavy atom. The first-order valence-electron chi connectivity index (χ1n) is 7.30. The fourth-order valence-electron chi connectivity index (χ4n) is 2.30. The number of hydrogen-bond acceptors (Lipinski definition) is 2. The molecule has 0 bridgehead atoms. The lowest BCUT2D eigenvalue weighted by molar-refractivity contribution is 0.0860. The summed E-state index contributed by atoms with van der Waals surface area (Å²) in [6.07, 6.45) is 8.47. The fourth-order valence-corrected chi connectivity index (χ4v) is 2.30. The van der Waals surface area contributed by atoms with Crippen molar-refractivity contribution >= 4 is 11.7 Å². The first kappa shape index (κ1) is 14.7. The minimum atomic E-state index is -0.168. The second-order valence-corrected chi connectivity index (χ2v) is 5.04. The topological polar surface area (TPSA) is 37.4 Å². The summed E-state index contributed by atoms with van der Waals surface area (Å²) in [4.78, 5) is 26.4. The smallest absolute Gasteiger partial charge is 0.262 e. The summed E-state index contributed by atoms with van der Waals surface area (Å²) in [5.74, 6) is -0.301. The SMILES string of the molecule is O=C(/C=C1\C=CC=CN1C(=O)c1ccccc1)c1ccccc1. The molecule has 112 valence electrons. The van der Waals surface area contributed by atoms with Crippen molar-refractivity contribution in [2.45, 2.75) is 0 Å². The van der Waals surface area contributed by atoms with Crippen molar-refractivity contribution in [3.8, 4) is 0 Å². The van der Waals surface area contributed by atoms with Gasteiger partial charge >= 0.3 is 0 Å². The van der Waals surface area contributed by atoms with Crippen LogP contribution < -0.4 is 0 Å². The van der Waals surface area contributed by atoms with E-state index >= 15 is 0 Å². The predicted octanol–water partition coefficient (Wildman–Crippen LogP) is 3.98. The van der Waals surface area contributed by atoms with Crippen molar-refractivity contribution in [2.75, 3.05) is 0 Å². The number of carbonyl (C=O) groups is 2. The third-order valence-corrected chi connectivity index (χ3v) is 3.47. The average Bonchev–Trinajstić information content (AvgIpc) is 2.63. The Labute approximate surface area is 134 Å². The van der Waals surface area contributed by atoms with Crippen LogP contribution in [0.3, 0.4) is 0 Å². The molecule has 3 nitrogen and oxygen atoms in total. The van der Waals surface area contributed by atoms with E-state index in [1.165, 1.54) is 11.0 Å². The molecule has 2 aromatic carbocycles. The van der Waals surface area contributed by atoms with Gasteiger partial charge in [0, 0.05) is 23.4 Å². The summed E-state index contributed by atoms with van der Waals surface area (Å²) in [6.45, 7) is 0. The zero-order chi connectivity index (χ0) is 16.1. The summed E-state index contributed by atoms with van der Waals surface area (Å²) in [7, 11) is 0. The summed E-state index contributed by atoms with van der Waals surface area (Å²) in [5, 5.41) is 0. The van der Waals surface area contributed by atoms with Gasteiger partial charge in [-0.3, -0.25) is 14.5 Å². The lowest BCUT2D eigenvalue weighted by atomic mass is 10.1. The minimum absolute atomic E-state index is 0.133. The number of nitrogens with zero attached hydrogens (tertiary/aromatic N) is 1. The van der Waals surface area contributed by atoms with Gasteiger partial charge in [0.25, 0.3) is 5.91 Å². The third-order valence-electron chi connectivity index (χ3n) is 3.47. The number of ketones is 1. The Balaban J connectivity index is 1.90. The van der Waals surface area contributed by atoms with Crippen molar-refractivity contribution in [2.24, 2.45) is 0 Å². The molecule has 23 heavy (non-hydrogen) atoms. The van der Waals surface area contributed by atoms with Crippen LogP contribution in [0.15, 0.2) is 96.9 Å². The molecule has 0 aliphatic carbocycles. The van der Waals surface area contributed by atoms with Gasteiger partial charge in [-0.25, -0.2) is 0 Å². The maximum atomic E-state index is 12.6. The molecule has 3 heteroatoms. The van der Waals surface area contributed by atoms with Crippen LogP contribution in [-0.4, -0.2) is 16.6 Å². The monoisotopic (exact) mass is 301 g/mol. The standard InChI is InChI=1S/C20H15NO2/c22-19(16-9-3-1-4-10-16)15-18-13-7-8-14-21(18)20(23)17-11-5-2-6-12-17/h1-15H/b18-15+. The van der Waals surface area contributed by atoms with E-state index in [4.69, 9.17) is 0 Å². The first-order chi connectivity index (χ1) is 11.3. The number of carbonyl (C=O) groups excluding carboxylic acids is 2. The second-order valence-electron chi connectivity index (χ2n) is 5.04. The van der Waals surface area contributed by atoms with Crippen LogP contribution in [0.5, 0.6) is 0 Å². The molecule has 0 atom stereocenters. The molecular weight excluding hydrogens is 286 g/mol. The van der Waals surface area contributed by atoms with Gasteiger partial charge in [-0.05, 0) is 24.3 Å². The van der Waals surface area contributed by atoms with E-state index in [0.717, 1.165) is 0 Å². The van der Waals surface area contributed by atoms with E-state index in [2.05, 4.69) is 0 Å². The van der Waals surface area contributed by atoms with Crippen LogP contribution in [0.25, 0.3) is 0 Å². The summed E-state index contributed by atoms with van der Waals surface area (Å²) in [6, 6.07) is 18.0. The van der Waals surface area contributed by atoms with E-state index < -0.39 is 0 Å². The Kier molecular flexibility index (Phi) is 4.29. The quantitative estimate of drug-likeness (QED) is 0.635. The lowest BCUT2D eigenvalue weighted by Crippen LogP contribution is -2.26. The molecule has 0 spiro atoms. The molecule has 0 N–H and O–H groups in total. The Bertz CT molecular complexity index is 802. The van der Waals surface area contributed by atoms with Crippen LogP contribution in [0.1, 0.15) is 20.7 Å². The minimum Gasteiger partial charge on any atom is -0.289 e. The van der Waals surface area contributed by atoms with Crippen molar-refractivity contribution in [1.82, 2.24) is 4.90 Å². The van der Waals surface area contributed by atoms with Gasteiger partial charge in [0.15, 0.2) is 5.78 Å². The molecule has 1 amide bonds. The molecular formula is C20H15NO2. The predicted molar refractivity (Wildman–Crippen MR) is 89.7 cm³/mol. The molecule has 3 rings (SSSR count). The van der Waals surface area contributed by atoms with Gasteiger partial charge in [0.1, 0.15) is 0 Å². The Morgan fingerprint density at radius 1 is 0.783 bits per heavy atom. The lowest BCUT2D eigenvalue weighted by Gasteiger charge is -2.21. The van der Waals surface area contributed by atoms with E-state index in [0.29, 0.717) is 16.8 Å². The van der Waals surface area contributed by atoms with Crippen molar-refractivity contribution in [3.05, 3.63) is 108 Å². The zero-order valence-electron chi connectivity index (χ0n) is 12.4. The highest BCUT2D eigenvalue weighted by Crippen LogP contribution is 2.17. The number of allylic oxidation sites excluding steroid dienone is 4. The van der Waals surface area contributed by atoms with E-state index in [1.807, 2.05) is 36.4 Å². The molecule has 0 unspecified atom stereocenters. The van der Waals surface area contributed by atoms with Gasteiger partial charge in [0.2, 0.25) is 0 Å². The number of benzene rings is 2. The molecule has 0 fully saturated rings. The largest absolute Gasteiger partial charge is 0.289 e. The van der Waals surface area contributed by atoms with Crippen LogP contribution in [0.2, 0.25) is 0 Å². The van der Waals surface area contributed by atoms with Crippen LogP contribution in [0, 0.1) is 0 Å². The van der Waals surface area contributed by atoms with Crippen molar-refractivity contribution < 1.29 is 9.59 Å². The molecule has 1 heterocycles. The molecule has 0 saturated carbocycles. The van der Waals surface area contributed by atoms with Gasteiger partial charge < -0.3 is 0 Å². The Hall–Kier alpha value is -3.20. The maximum absolute atomic E-state index is 12.6. The van der Waals surface area contributed by atoms with E-state index in [9.17, 15) is 9.59 Å². The molecule has 2 aromatic rings. The zero-order valence-corrected chi connectivity index (χ0v) is 12.4. The summed E-state index contributed by atoms with van der Waals surface area (Å²) in [5.41, 5.74) is 1.72. The van der Waals surface area contributed by atoms with Crippen LogP contribution in [0.4, 0.5) is 0 Å². The molecule has 0 aromatic heterocycles. The highest BCUT2D eigenvalue weighted by Gasteiger charge is 2.18. The molecule has 1 aliphatic heterocycles. The second kappa shape index (κ2) is 6.71.